The molecule has 2 amide bonds. The molecule has 3 rings (SSSR count). The van der Waals surface area contributed by atoms with Gasteiger partial charge >= 0.3 is 0 Å². The lowest BCUT2D eigenvalue weighted by Gasteiger charge is -2.29. The average molecular weight is 310 g/mol. The maximum Gasteiger partial charge on any atom is 0.265 e. The lowest BCUT2D eigenvalue weighted by atomic mass is 10.2. The molecule has 0 radical (unpaired) electrons. The molecule has 0 aromatic heterocycles. The van der Waals surface area contributed by atoms with Crippen LogP contribution >= 0.6 is 0 Å². The Morgan fingerprint density at radius 3 is 2.70 bits per heavy atom. The van der Waals surface area contributed by atoms with E-state index in [1.165, 1.54) is 0 Å². The Morgan fingerprint density at radius 1 is 1.17 bits per heavy atom. The van der Waals surface area contributed by atoms with Gasteiger partial charge in [0.25, 0.3) is 5.91 Å². The number of carbonyl (C=O) groups is 2. The van der Waals surface area contributed by atoms with Gasteiger partial charge in [-0.25, -0.2) is 0 Å². The summed E-state index contributed by atoms with van der Waals surface area (Å²) in [6.07, 6.45) is 0.230. The molecule has 0 saturated carbocycles. The first-order valence-corrected chi connectivity index (χ1v) is 7.52. The van der Waals surface area contributed by atoms with Crippen molar-refractivity contribution >= 4 is 23.2 Å². The molecule has 1 aliphatic rings. The second-order valence-electron chi connectivity index (χ2n) is 5.47. The number of amides is 2. The topological polar surface area (TPSA) is 58.6 Å². The van der Waals surface area contributed by atoms with Gasteiger partial charge < -0.3 is 15.0 Å². The molecule has 0 bridgehead atoms. The molecular weight excluding hydrogens is 292 g/mol. The van der Waals surface area contributed by atoms with Crippen LogP contribution in [0.4, 0.5) is 11.4 Å². The number of fused-ring (bicyclic) bond motifs is 1. The predicted molar refractivity (Wildman–Crippen MR) is 88.7 cm³/mol. The van der Waals surface area contributed by atoms with Gasteiger partial charge in [-0.3, -0.25) is 9.59 Å². The minimum absolute atomic E-state index is 0.0105. The van der Waals surface area contributed by atoms with Gasteiger partial charge in [-0.05, 0) is 31.2 Å². The van der Waals surface area contributed by atoms with E-state index in [1.807, 2.05) is 55.5 Å². The van der Waals surface area contributed by atoms with E-state index < -0.39 is 0 Å². The van der Waals surface area contributed by atoms with Crippen molar-refractivity contribution in [2.75, 3.05) is 23.4 Å². The molecule has 0 unspecified atom stereocenters. The first-order chi connectivity index (χ1) is 11.1. The quantitative estimate of drug-likeness (QED) is 0.944. The number of ether oxygens (including phenoxy) is 1. The maximum absolute atomic E-state index is 12.1. The highest BCUT2D eigenvalue weighted by molar-refractivity contribution is 5.99. The largest absolute Gasteiger partial charge is 0.482 e. The first-order valence-electron chi connectivity index (χ1n) is 7.52. The van der Waals surface area contributed by atoms with E-state index in [1.54, 1.807) is 4.90 Å². The zero-order chi connectivity index (χ0) is 16.2. The number of para-hydroxylation sites is 2. The third-order valence-electron chi connectivity index (χ3n) is 3.71. The average Bonchev–Trinajstić information content (AvgIpc) is 2.56. The van der Waals surface area contributed by atoms with Gasteiger partial charge in [0.2, 0.25) is 5.91 Å². The van der Waals surface area contributed by atoms with Crippen molar-refractivity contribution < 1.29 is 14.3 Å². The number of hydrogen-bond donors (Lipinski definition) is 1. The molecule has 2 aromatic rings. The van der Waals surface area contributed by atoms with E-state index in [0.29, 0.717) is 18.0 Å². The molecule has 2 aromatic carbocycles. The van der Waals surface area contributed by atoms with Crippen molar-refractivity contribution in [3.8, 4) is 5.75 Å². The number of rotatable bonds is 4. The molecule has 23 heavy (non-hydrogen) atoms. The molecule has 1 heterocycles. The summed E-state index contributed by atoms with van der Waals surface area (Å²) in [5, 5.41) is 2.84. The summed E-state index contributed by atoms with van der Waals surface area (Å²) in [4.78, 5) is 25.7. The van der Waals surface area contributed by atoms with Crippen LogP contribution < -0.4 is 15.0 Å². The molecule has 0 aliphatic carbocycles. The lowest BCUT2D eigenvalue weighted by molar-refractivity contribution is -0.121. The fourth-order valence-electron chi connectivity index (χ4n) is 2.47. The number of hydrogen-bond acceptors (Lipinski definition) is 3. The van der Waals surface area contributed by atoms with Gasteiger partial charge in [-0.1, -0.05) is 29.8 Å². The third kappa shape index (κ3) is 3.51. The Bertz CT molecular complexity index is 725. The second-order valence-corrected chi connectivity index (χ2v) is 5.47. The van der Waals surface area contributed by atoms with Crippen LogP contribution in [0, 0.1) is 6.92 Å². The van der Waals surface area contributed by atoms with E-state index >= 15 is 0 Å². The van der Waals surface area contributed by atoms with Crippen LogP contribution in [0.25, 0.3) is 0 Å². The molecule has 1 N–H and O–H groups in total. The summed E-state index contributed by atoms with van der Waals surface area (Å²) in [6.45, 7) is 2.33. The first kappa shape index (κ1) is 15.1. The van der Waals surface area contributed by atoms with Crippen molar-refractivity contribution in [1.29, 1.82) is 0 Å². The van der Waals surface area contributed by atoms with Gasteiger partial charge in [0, 0.05) is 18.7 Å². The van der Waals surface area contributed by atoms with Crippen molar-refractivity contribution in [1.82, 2.24) is 0 Å². The second kappa shape index (κ2) is 6.52. The molecule has 5 heteroatoms. The molecule has 0 saturated heterocycles. The van der Waals surface area contributed by atoms with Crippen LogP contribution in [0.15, 0.2) is 48.5 Å². The van der Waals surface area contributed by atoms with Crippen molar-refractivity contribution in [3.63, 3.8) is 0 Å². The molecule has 118 valence electrons. The summed E-state index contributed by atoms with van der Waals surface area (Å²) in [5.74, 6) is 0.420. The standard InChI is InChI=1S/C18H18N2O3/c1-13-6-8-14(9-7-13)19-17(21)10-11-20-15-4-2-3-5-16(15)23-12-18(20)22/h2-9H,10-12H2,1H3,(H,19,21). The van der Waals surface area contributed by atoms with Gasteiger partial charge in [-0.2, -0.15) is 0 Å². The molecule has 1 aliphatic heterocycles. The van der Waals surface area contributed by atoms with Crippen LogP contribution in [-0.4, -0.2) is 25.0 Å². The summed E-state index contributed by atoms with van der Waals surface area (Å²) >= 11 is 0. The fourth-order valence-corrected chi connectivity index (χ4v) is 2.47. The fraction of sp³-hybridized carbons (Fsp3) is 0.222. The monoisotopic (exact) mass is 310 g/mol. The molecule has 0 spiro atoms. The summed E-state index contributed by atoms with van der Waals surface area (Å²) in [5.41, 5.74) is 2.61. The normalized spacial score (nSPS) is 13.3. The number of anilines is 2. The predicted octanol–water partition coefficient (Wildman–Crippen LogP) is 2.75. The molecular formula is C18H18N2O3. The Labute approximate surface area is 134 Å². The summed E-state index contributed by atoms with van der Waals surface area (Å²) in [7, 11) is 0. The SMILES string of the molecule is Cc1ccc(NC(=O)CCN2C(=O)COc3ccccc32)cc1. The van der Waals surface area contributed by atoms with Gasteiger partial charge in [-0.15, -0.1) is 0 Å². The van der Waals surface area contributed by atoms with E-state index in [4.69, 9.17) is 4.74 Å². The van der Waals surface area contributed by atoms with Crippen LogP contribution in [-0.2, 0) is 9.59 Å². The van der Waals surface area contributed by atoms with E-state index in [0.717, 1.165) is 11.3 Å². The minimum Gasteiger partial charge on any atom is -0.482 e. The maximum atomic E-state index is 12.1. The smallest absolute Gasteiger partial charge is 0.265 e. The van der Waals surface area contributed by atoms with Crippen molar-refractivity contribution in [2.24, 2.45) is 0 Å². The van der Waals surface area contributed by atoms with E-state index in [-0.39, 0.29) is 24.8 Å². The number of aryl methyl sites for hydroxylation is 1. The lowest BCUT2D eigenvalue weighted by Crippen LogP contribution is -2.40. The van der Waals surface area contributed by atoms with Crippen molar-refractivity contribution in [2.45, 2.75) is 13.3 Å². The van der Waals surface area contributed by atoms with Crippen molar-refractivity contribution in [3.05, 3.63) is 54.1 Å². The number of nitrogens with zero attached hydrogens (tertiary/aromatic N) is 1. The van der Waals surface area contributed by atoms with Crippen LogP contribution in [0.1, 0.15) is 12.0 Å². The van der Waals surface area contributed by atoms with E-state index in [2.05, 4.69) is 5.32 Å². The van der Waals surface area contributed by atoms with Crippen LogP contribution in [0.3, 0.4) is 0 Å². The summed E-state index contributed by atoms with van der Waals surface area (Å²) < 4.78 is 5.39. The van der Waals surface area contributed by atoms with E-state index in [9.17, 15) is 9.59 Å². The molecule has 0 atom stereocenters. The zero-order valence-corrected chi connectivity index (χ0v) is 12.9. The van der Waals surface area contributed by atoms with Gasteiger partial charge in [0.05, 0.1) is 5.69 Å². The molecule has 5 nitrogen and oxygen atoms in total. The highest BCUT2D eigenvalue weighted by atomic mass is 16.5. The summed E-state index contributed by atoms with van der Waals surface area (Å²) in [6, 6.07) is 15.0. The number of carbonyl (C=O) groups excluding carboxylic acids is 2. The number of benzene rings is 2. The highest BCUT2D eigenvalue weighted by Gasteiger charge is 2.25. The Kier molecular flexibility index (Phi) is 4.28. The third-order valence-corrected chi connectivity index (χ3v) is 3.71. The zero-order valence-electron chi connectivity index (χ0n) is 12.9. The Hall–Kier alpha value is -2.82. The Morgan fingerprint density at radius 2 is 1.91 bits per heavy atom. The minimum atomic E-state index is -0.133. The van der Waals surface area contributed by atoms with Gasteiger partial charge in [0.15, 0.2) is 6.61 Å². The number of nitrogens with one attached hydrogen (secondary N) is 1. The van der Waals surface area contributed by atoms with Crippen LogP contribution in [0.5, 0.6) is 5.75 Å². The Balaban J connectivity index is 1.62. The van der Waals surface area contributed by atoms with Crippen LogP contribution in [0.2, 0.25) is 0 Å². The molecule has 0 fully saturated rings. The highest BCUT2D eigenvalue weighted by Crippen LogP contribution is 2.31. The van der Waals surface area contributed by atoms with Gasteiger partial charge in [0.1, 0.15) is 5.75 Å².